The van der Waals surface area contributed by atoms with Crippen LogP contribution in [0.1, 0.15) is 32.9 Å². The predicted molar refractivity (Wildman–Crippen MR) is 89.1 cm³/mol. The number of aromatic nitrogens is 2. The summed E-state index contributed by atoms with van der Waals surface area (Å²) in [6.45, 7) is 6.16. The number of fused-ring (bicyclic) bond motifs is 1. The van der Waals surface area contributed by atoms with Crippen LogP contribution >= 0.6 is 11.6 Å². The molecule has 0 saturated carbocycles. The van der Waals surface area contributed by atoms with Gasteiger partial charge in [-0.25, -0.2) is 4.98 Å². The molecular formula is C16H21ClN4O2. The van der Waals surface area contributed by atoms with Gasteiger partial charge in [0.25, 0.3) is 0 Å². The normalized spacial score (nSPS) is 11.5. The van der Waals surface area contributed by atoms with E-state index in [9.17, 15) is 9.59 Å². The molecule has 0 aliphatic rings. The van der Waals surface area contributed by atoms with E-state index in [2.05, 4.69) is 15.6 Å². The third-order valence-corrected chi connectivity index (χ3v) is 3.47. The monoisotopic (exact) mass is 336 g/mol. The topological polar surface area (TPSA) is 75.5 Å². The Morgan fingerprint density at radius 3 is 2.65 bits per heavy atom. The number of rotatable bonds is 5. The molecule has 0 saturated heterocycles. The molecule has 7 heteroatoms. The summed E-state index contributed by atoms with van der Waals surface area (Å²) in [5.74, 6) is -0.197. The van der Waals surface area contributed by atoms with E-state index < -0.39 is 5.41 Å². The third kappa shape index (κ3) is 4.96. The first kappa shape index (κ1) is 17.3. The first-order valence-corrected chi connectivity index (χ1v) is 7.81. The molecule has 124 valence electrons. The second kappa shape index (κ2) is 7.00. The molecule has 23 heavy (non-hydrogen) atoms. The molecule has 0 aliphatic heterocycles. The molecule has 2 aromatic heterocycles. The van der Waals surface area contributed by atoms with Crippen LogP contribution in [0, 0.1) is 5.41 Å². The first-order chi connectivity index (χ1) is 10.8. The number of imidazole rings is 1. The highest BCUT2D eigenvalue weighted by Gasteiger charge is 2.20. The van der Waals surface area contributed by atoms with Crippen LogP contribution in [0.4, 0.5) is 0 Å². The van der Waals surface area contributed by atoms with E-state index in [4.69, 9.17) is 11.6 Å². The molecule has 6 nitrogen and oxygen atoms in total. The maximum Gasteiger partial charge on any atom is 0.225 e. The van der Waals surface area contributed by atoms with E-state index in [0.717, 1.165) is 11.3 Å². The summed E-state index contributed by atoms with van der Waals surface area (Å²) in [5.41, 5.74) is 1.07. The fourth-order valence-electron chi connectivity index (χ4n) is 1.93. The van der Waals surface area contributed by atoms with Crippen LogP contribution < -0.4 is 10.6 Å². The molecule has 0 spiro atoms. The highest BCUT2D eigenvalue weighted by Crippen LogP contribution is 2.12. The van der Waals surface area contributed by atoms with Gasteiger partial charge in [-0.15, -0.1) is 0 Å². The smallest absolute Gasteiger partial charge is 0.225 e. The summed E-state index contributed by atoms with van der Waals surface area (Å²) in [6.07, 6.45) is 3.82. The van der Waals surface area contributed by atoms with Gasteiger partial charge in [0.15, 0.2) is 0 Å². The van der Waals surface area contributed by atoms with Crippen molar-refractivity contribution in [2.24, 2.45) is 5.41 Å². The predicted octanol–water partition coefficient (Wildman–Crippen LogP) is 2.16. The van der Waals surface area contributed by atoms with Gasteiger partial charge in [-0.1, -0.05) is 32.4 Å². The molecule has 2 heterocycles. The van der Waals surface area contributed by atoms with Crippen molar-refractivity contribution in [3.63, 3.8) is 0 Å². The zero-order chi connectivity index (χ0) is 17.0. The summed E-state index contributed by atoms with van der Waals surface area (Å²) in [6, 6.07) is 3.58. The van der Waals surface area contributed by atoms with Crippen molar-refractivity contribution in [2.75, 3.05) is 6.54 Å². The van der Waals surface area contributed by atoms with Crippen LogP contribution in [0.2, 0.25) is 5.02 Å². The van der Waals surface area contributed by atoms with Crippen LogP contribution in [-0.2, 0) is 16.1 Å². The lowest BCUT2D eigenvalue weighted by Gasteiger charge is -2.17. The van der Waals surface area contributed by atoms with E-state index in [0.29, 0.717) is 18.1 Å². The van der Waals surface area contributed by atoms with E-state index in [1.165, 1.54) is 0 Å². The molecule has 0 bridgehead atoms. The summed E-state index contributed by atoms with van der Waals surface area (Å²) >= 11 is 5.92. The van der Waals surface area contributed by atoms with Crippen LogP contribution in [0.5, 0.6) is 0 Å². The van der Waals surface area contributed by atoms with Gasteiger partial charge < -0.3 is 15.0 Å². The number of pyridine rings is 1. The molecule has 0 aliphatic carbocycles. The van der Waals surface area contributed by atoms with Gasteiger partial charge in [-0.05, 0) is 12.1 Å². The number of nitrogens with one attached hydrogen (secondary N) is 2. The zero-order valence-corrected chi connectivity index (χ0v) is 14.3. The van der Waals surface area contributed by atoms with E-state index in [-0.39, 0.29) is 18.2 Å². The summed E-state index contributed by atoms with van der Waals surface area (Å²) in [7, 11) is 0. The van der Waals surface area contributed by atoms with Gasteiger partial charge in [0.05, 0.1) is 17.3 Å². The second-order valence-corrected chi connectivity index (χ2v) is 6.81. The van der Waals surface area contributed by atoms with Gasteiger partial charge in [-0.2, -0.15) is 0 Å². The summed E-state index contributed by atoms with van der Waals surface area (Å²) in [5, 5.41) is 6.16. The van der Waals surface area contributed by atoms with E-state index >= 15 is 0 Å². The van der Waals surface area contributed by atoms with Gasteiger partial charge in [0.1, 0.15) is 5.65 Å². The number of amides is 2. The van der Waals surface area contributed by atoms with Gasteiger partial charge in [-0.3, -0.25) is 9.59 Å². The Morgan fingerprint density at radius 2 is 1.96 bits per heavy atom. The zero-order valence-electron chi connectivity index (χ0n) is 13.5. The Labute approximate surface area is 140 Å². The molecule has 2 amide bonds. The SMILES string of the molecule is CC(C)(C)C(=O)NCCC(=O)NCc1cn2cc(Cl)ccc2n1. The minimum atomic E-state index is -0.450. The van der Waals surface area contributed by atoms with E-state index in [1.807, 2.05) is 37.4 Å². The number of nitrogens with zero attached hydrogens (tertiary/aromatic N) is 2. The average Bonchev–Trinajstić information content (AvgIpc) is 2.86. The van der Waals surface area contributed by atoms with Crippen LogP contribution in [0.25, 0.3) is 5.65 Å². The molecule has 0 atom stereocenters. The average molecular weight is 337 g/mol. The maximum absolute atomic E-state index is 11.8. The third-order valence-electron chi connectivity index (χ3n) is 3.25. The largest absolute Gasteiger partial charge is 0.355 e. The van der Waals surface area contributed by atoms with Crippen molar-refractivity contribution in [3.05, 3.63) is 35.2 Å². The minimum absolute atomic E-state index is 0.0671. The van der Waals surface area contributed by atoms with Crippen LogP contribution in [0.15, 0.2) is 24.5 Å². The first-order valence-electron chi connectivity index (χ1n) is 7.44. The Kier molecular flexibility index (Phi) is 5.26. The standard InChI is InChI=1S/C16H21ClN4O2/c1-16(2,3)15(23)18-7-6-14(22)19-8-12-10-21-9-11(17)4-5-13(21)20-12/h4-5,9-10H,6-8H2,1-3H3,(H,18,23)(H,19,22). The second-order valence-electron chi connectivity index (χ2n) is 6.38. The maximum atomic E-state index is 11.8. The van der Waals surface area contributed by atoms with E-state index in [1.54, 1.807) is 12.3 Å². The quantitative estimate of drug-likeness (QED) is 0.878. The lowest BCUT2D eigenvalue weighted by atomic mass is 9.96. The molecule has 2 N–H and O–H groups in total. The lowest BCUT2D eigenvalue weighted by molar-refractivity contribution is -0.128. The Bertz CT molecular complexity index is 718. The molecule has 0 radical (unpaired) electrons. The van der Waals surface area contributed by atoms with Crippen molar-refractivity contribution in [1.82, 2.24) is 20.0 Å². The van der Waals surface area contributed by atoms with Gasteiger partial charge in [0.2, 0.25) is 11.8 Å². The number of hydrogen-bond acceptors (Lipinski definition) is 3. The highest BCUT2D eigenvalue weighted by molar-refractivity contribution is 6.30. The Balaban J connectivity index is 1.78. The molecule has 2 rings (SSSR count). The Morgan fingerprint density at radius 1 is 1.22 bits per heavy atom. The number of halogens is 1. The minimum Gasteiger partial charge on any atom is -0.355 e. The number of carbonyl (C=O) groups excluding carboxylic acids is 2. The molecule has 0 fully saturated rings. The molecule has 0 aromatic carbocycles. The van der Waals surface area contributed by atoms with Crippen molar-refractivity contribution >= 4 is 29.1 Å². The number of hydrogen-bond donors (Lipinski definition) is 2. The number of carbonyl (C=O) groups is 2. The van der Waals surface area contributed by atoms with Gasteiger partial charge >= 0.3 is 0 Å². The highest BCUT2D eigenvalue weighted by atomic mass is 35.5. The molecule has 0 unspecified atom stereocenters. The van der Waals surface area contributed by atoms with Crippen molar-refractivity contribution in [1.29, 1.82) is 0 Å². The van der Waals surface area contributed by atoms with Crippen molar-refractivity contribution in [3.8, 4) is 0 Å². The lowest BCUT2D eigenvalue weighted by Crippen LogP contribution is -2.37. The van der Waals surface area contributed by atoms with Gasteiger partial charge in [0, 0.05) is 30.8 Å². The fraction of sp³-hybridized carbons (Fsp3) is 0.438. The molecular weight excluding hydrogens is 316 g/mol. The summed E-state index contributed by atoms with van der Waals surface area (Å²) < 4.78 is 1.81. The summed E-state index contributed by atoms with van der Waals surface area (Å²) in [4.78, 5) is 27.9. The van der Waals surface area contributed by atoms with Crippen molar-refractivity contribution in [2.45, 2.75) is 33.7 Å². The van der Waals surface area contributed by atoms with Crippen LogP contribution in [0.3, 0.4) is 0 Å². The molecule has 2 aromatic rings. The fourth-order valence-corrected chi connectivity index (χ4v) is 2.10. The van der Waals surface area contributed by atoms with Crippen LogP contribution in [-0.4, -0.2) is 27.7 Å². The Hall–Kier alpha value is -2.08. The van der Waals surface area contributed by atoms with Crippen molar-refractivity contribution < 1.29 is 9.59 Å².